The van der Waals surface area contributed by atoms with E-state index in [9.17, 15) is 14.9 Å². The van der Waals surface area contributed by atoms with Gasteiger partial charge >= 0.3 is 0 Å². The summed E-state index contributed by atoms with van der Waals surface area (Å²) in [7, 11) is 0. The van der Waals surface area contributed by atoms with Crippen LogP contribution < -0.4 is 4.74 Å². The third kappa shape index (κ3) is 2.99. The van der Waals surface area contributed by atoms with Crippen LogP contribution >= 0.6 is 0 Å². The molecule has 5 heteroatoms. The van der Waals surface area contributed by atoms with Crippen LogP contribution in [0, 0.1) is 44.6 Å². The maximum Gasteiger partial charge on any atom is 0.269 e. The molecule has 1 aromatic carbocycles. The Balaban J connectivity index is 1.28. The number of nitrogens with zero attached hydrogens (tertiary/aromatic N) is 1. The van der Waals surface area contributed by atoms with Crippen molar-refractivity contribution in [3.63, 3.8) is 0 Å². The molecule has 4 fully saturated rings. The zero-order valence-electron chi connectivity index (χ0n) is 18.1. The minimum atomic E-state index is -0.374. The molecule has 0 bridgehead atoms. The average molecular weight is 412 g/mol. The number of rotatable bonds is 3. The second kappa shape index (κ2) is 7.06. The van der Waals surface area contributed by atoms with Crippen molar-refractivity contribution >= 4 is 11.5 Å². The Morgan fingerprint density at radius 2 is 1.77 bits per heavy atom. The molecule has 0 radical (unpaired) electrons. The third-order valence-corrected chi connectivity index (χ3v) is 9.68. The summed E-state index contributed by atoms with van der Waals surface area (Å²) >= 11 is 0. The summed E-state index contributed by atoms with van der Waals surface area (Å²) in [5, 5.41) is 10.9. The number of carbonyl (C=O) groups excluding carboxylic acids is 1. The van der Waals surface area contributed by atoms with E-state index in [1.54, 1.807) is 12.1 Å². The maximum atomic E-state index is 12.6. The highest BCUT2D eigenvalue weighted by molar-refractivity contribution is 5.87. The van der Waals surface area contributed by atoms with E-state index in [0.29, 0.717) is 23.0 Å². The van der Waals surface area contributed by atoms with Crippen LogP contribution in [0.2, 0.25) is 0 Å². The van der Waals surface area contributed by atoms with E-state index in [-0.39, 0.29) is 22.1 Å². The molecule has 0 amide bonds. The quantitative estimate of drug-likeness (QED) is 0.455. The lowest BCUT2D eigenvalue weighted by atomic mass is 9.45. The minimum Gasteiger partial charge on any atom is -0.490 e. The highest BCUT2D eigenvalue weighted by Gasteiger charge is 2.60. The first kappa shape index (κ1) is 20.0. The zero-order chi connectivity index (χ0) is 21.1. The molecule has 0 heterocycles. The molecule has 162 valence electrons. The summed E-state index contributed by atoms with van der Waals surface area (Å²) in [6.45, 7) is 4.78. The number of carbonyl (C=O) groups is 1. The molecule has 1 aromatic rings. The lowest BCUT2D eigenvalue weighted by Crippen LogP contribution is -2.54. The van der Waals surface area contributed by atoms with Gasteiger partial charge in [0.15, 0.2) is 0 Å². The van der Waals surface area contributed by atoms with E-state index in [0.717, 1.165) is 49.7 Å². The van der Waals surface area contributed by atoms with E-state index in [1.807, 2.05) is 0 Å². The predicted molar refractivity (Wildman–Crippen MR) is 114 cm³/mol. The zero-order valence-corrected chi connectivity index (χ0v) is 18.1. The first-order chi connectivity index (χ1) is 14.3. The van der Waals surface area contributed by atoms with E-state index < -0.39 is 0 Å². The van der Waals surface area contributed by atoms with Crippen molar-refractivity contribution < 1.29 is 14.5 Å². The van der Waals surface area contributed by atoms with Crippen molar-refractivity contribution in [3.05, 3.63) is 34.4 Å². The molecule has 0 spiro atoms. The van der Waals surface area contributed by atoms with Crippen molar-refractivity contribution in [2.45, 2.75) is 77.7 Å². The van der Waals surface area contributed by atoms with Crippen LogP contribution in [0.1, 0.15) is 71.6 Å². The lowest BCUT2D eigenvalue weighted by molar-refractivity contribution is -0.384. The van der Waals surface area contributed by atoms with Gasteiger partial charge in [0.25, 0.3) is 5.69 Å². The Kier molecular flexibility index (Phi) is 4.71. The highest BCUT2D eigenvalue weighted by Crippen LogP contribution is 2.65. The summed E-state index contributed by atoms with van der Waals surface area (Å²) in [6, 6.07) is 6.49. The molecule has 3 unspecified atom stereocenters. The summed E-state index contributed by atoms with van der Waals surface area (Å²) in [5.74, 6) is 4.02. The molecule has 0 N–H and O–H groups in total. The number of ketones is 1. The number of hydrogen-bond donors (Lipinski definition) is 0. The Labute approximate surface area is 178 Å². The number of non-ortho nitro benzene ring substituents is 1. The van der Waals surface area contributed by atoms with Crippen LogP contribution in [-0.2, 0) is 4.79 Å². The summed E-state index contributed by atoms with van der Waals surface area (Å²) in [4.78, 5) is 23.1. The molecule has 5 nitrogen and oxygen atoms in total. The van der Waals surface area contributed by atoms with Crippen LogP contribution in [0.5, 0.6) is 5.75 Å². The van der Waals surface area contributed by atoms with Crippen LogP contribution in [0.25, 0.3) is 0 Å². The van der Waals surface area contributed by atoms with Crippen molar-refractivity contribution in [1.29, 1.82) is 0 Å². The Bertz CT molecular complexity index is 851. The second-order valence-electron chi connectivity index (χ2n) is 10.8. The number of ether oxygens (including phenoxy) is 1. The molecule has 4 aliphatic carbocycles. The largest absolute Gasteiger partial charge is 0.490 e. The molecular weight excluding hydrogens is 378 g/mol. The summed E-state index contributed by atoms with van der Waals surface area (Å²) in [5.41, 5.74) is 0.429. The van der Waals surface area contributed by atoms with E-state index >= 15 is 0 Å². The molecular formula is C25H33NO4. The third-order valence-electron chi connectivity index (χ3n) is 9.68. The van der Waals surface area contributed by atoms with E-state index in [2.05, 4.69) is 13.8 Å². The number of fused-ring (bicyclic) bond motifs is 5. The van der Waals surface area contributed by atoms with Gasteiger partial charge in [0.05, 0.1) is 11.0 Å². The van der Waals surface area contributed by atoms with Gasteiger partial charge in [-0.2, -0.15) is 0 Å². The molecule has 5 rings (SSSR count). The van der Waals surface area contributed by atoms with Gasteiger partial charge in [-0.1, -0.05) is 13.8 Å². The normalized spacial score (nSPS) is 42.7. The first-order valence-corrected chi connectivity index (χ1v) is 11.8. The van der Waals surface area contributed by atoms with Crippen molar-refractivity contribution in [2.75, 3.05) is 0 Å². The van der Waals surface area contributed by atoms with Gasteiger partial charge in [0.1, 0.15) is 11.5 Å². The van der Waals surface area contributed by atoms with Gasteiger partial charge < -0.3 is 4.74 Å². The van der Waals surface area contributed by atoms with Gasteiger partial charge in [0, 0.05) is 24.0 Å². The molecule has 0 aliphatic heterocycles. The monoisotopic (exact) mass is 411 g/mol. The van der Waals surface area contributed by atoms with Crippen LogP contribution in [0.3, 0.4) is 0 Å². The summed E-state index contributed by atoms with van der Waals surface area (Å²) < 4.78 is 6.25. The molecule has 30 heavy (non-hydrogen) atoms. The van der Waals surface area contributed by atoms with Crippen LogP contribution in [0.15, 0.2) is 24.3 Å². The number of Topliss-reactive ketones (excluding diaryl/α,β-unsaturated/α-hetero) is 1. The van der Waals surface area contributed by atoms with Crippen LogP contribution in [0.4, 0.5) is 5.69 Å². The average Bonchev–Trinajstić information content (AvgIpc) is 3.03. The smallest absolute Gasteiger partial charge is 0.269 e. The van der Waals surface area contributed by atoms with Crippen molar-refractivity contribution in [1.82, 2.24) is 0 Å². The van der Waals surface area contributed by atoms with Crippen LogP contribution in [-0.4, -0.2) is 16.8 Å². The molecule has 4 saturated carbocycles. The fourth-order valence-electron chi connectivity index (χ4n) is 7.94. The Morgan fingerprint density at radius 3 is 2.50 bits per heavy atom. The SMILES string of the molecule is C[C@]12CCC3C(CC[C@H]4C[C@@H](Oc5ccc([N+](=O)[O-])cc5)CC[C@]34C)C1CCC2=O. The van der Waals surface area contributed by atoms with Crippen molar-refractivity contribution in [3.8, 4) is 5.75 Å². The molecule has 7 atom stereocenters. The lowest BCUT2D eigenvalue weighted by Gasteiger charge is -2.60. The number of hydrogen-bond acceptors (Lipinski definition) is 4. The van der Waals surface area contributed by atoms with Gasteiger partial charge in [-0.05, 0) is 92.6 Å². The Morgan fingerprint density at radius 1 is 1.00 bits per heavy atom. The molecule has 0 aromatic heterocycles. The number of nitro groups is 1. The summed E-state index contributed by atoms with van der Waals surface area (Å²) in [6.07, 6.45) is 10.2. The number of benzene rings is 1. The first-order valence-electron chi connectivity index (χ1n) is 11.8. The predicted octanol–water partition coefficient (Wildman–Crippen LogP) is 5.95. The van der Waals surface area contributed by atoms with Gasteiger partial charge in [-0.25, -0.2) is 0 Å². The van der Waals surface area contributed by atoms with Gasteiger partial charge in [-0.15, -0.1) is 0 Å². The minimum absolute atomic E-state index is 0.0411. The Hall–Kier alpha value is -1.91. The van der Waals surface area contributed by atoms with E-state index in [4.69, 9.17) is 4.74 Å². The topological polar surface area (TPSA) is 69.4 Å². The fourth-order valence-corrected chi connectivity index (χ4v) is 7.94. The molecule has 0 saturated heterocycles. The van der Waals surface area contributed by atoms with Crippen molar-refractivity contribution in [2.24, 2.45) is 34.5 Å². The molecule has 4 aliphatic rings. The fraction of sp³-hybridized carbons (Fsp3) is 0.720. The van der Waals surface area contributed by atoms with Gasteiger partial charge in [-0.3, -0.25) is 14.9 Å². The second-order valence-corrected chi connectivity index (χ2v) is 10.8. The van der Waals surface area contributed by atoms with Gasteiger partial charge in [0.2, 0.25) is 0 Å². The standard InChI is InChI=1S/C25H33NO4/c1-24-13-11-19(30-18-6-4-17(5-7-18)26(28)29)15-16(24)3-8-20-21-9-10-23(27)25(21,2)14-12-22(20)24/h4-7,16,19-22H,3,8-15H2,1-2H3/t16-,19-,20?,21?,22?,24-,25-/m0/s1. The maximum absolute atomic E-state index is 12.6. The van der Waals surface area contributed by atoms with E-state index in [1.165, 1.54) is 37.8 Å². The number of nitro benzene ring substituents is 1. The highest BCUT2D eigenvalue weighted by atomic mass is 16.6.